The van der Waals surface area contributed by atoms with Gasteiger partial charge in [0.15, 0.2) is 0 Å². The third-order valence-corrected chi connectivity index (χ3v) is 3.87. The molecule has 0 bridgehead atoms. The van der Waals surface area contributed by atoms with Gasteiger partial charge in [0.2, 0.25) is 5.76 Å². The number of benzene rings is 3. The maximum atomic E-state index is 11.9. The third-order valence-electron chi connectivity index (χ3n) is 3.87. The van der Waals surface area contributed by atoms with E-state index in [1.54, 1.807) is 13.0 Å². The first-order valence-electron chi connectivity index (χ1n) is 7.29. The number of carbonyl (C=O) groups excluding carboxylic acids is 1. The molecular weight excluding hydrogens is 276 g/mol. The minimum absolute atomic E-state index is 0.247. The minimum Gasteiger partial charge on any atom is -0.460 e. The molecule has 0 aliphatic carbocycles. The Kier molecular flexibility index (Phi) is 2.86. The topological polar surface area (TPSA) is 39.4 Å². The van der Waals surface area contributed by atoms with Gasteiger partial charge in [-0.05, 0) is 29.1 Å². The van der Waals surface area contributed by atoms with Crippen LogP contribution >= 0.6 is 0 Å². The number of fused-ring (bicyclic) bond motifs is 5. The van der Waals surface area contributed by atoms with Gasteiger partial charge < -0.3 is 9.15 Å². The molecule has 0 spiro atoms. The van der Waals surface area contributed by atoms with Crippen molar-refractivity contribution in [2.75, 3.05) is 6.61 Å². The average molecular weight is 290 g/mol. The maximum absolute atomic E-state index is 11.9. The molecule has 0 fully saturated rings. The second-order valence-corrected chi connectivity index (χ2v) is 5.20. The summed E-state index contributed by atoms with van der Waals surface area (Å²) in [6.07, 6.45) is 0. The van der Waals surface area contributed by atoms with Crippen LogP contribution in [0, 0.1) is 0 Å². The highest BCUT2D eigenvalue weighted by Gasteiger charge is 2.15. The fourth-order valence-corrected chi connectivity index (χ4v) is 2.89. The molecule has 0 atom stereocenters. The van der Waals surface area contributed by atoms with Crippen molar-refractivity contribution in [3.05, 3.63) is 60.4 Å². The molecule has 0 aliphatic heterocycles. The van der Waals surface area contributed by atoms with Crippen LogP contribution in [-0.4, -0.2) is 12.6 Å². The van der Waals surface area contributed by atoms with Gasteiger partial charge in [0, 0.05) is 10.8 Å². The fourth-order valence-electron chi connectivity index (χ4n) is 2.89. The number of ether oxygens (including phenoxy) is 1. The summed E-state index contributed by atoms with van der Waals surface area (Å²) in [7, 11) is 0. The standard InChI is InChI=1S/C19H14O3/c1-2-21-19(20)16-11-14-10-9-13-8-7-12-5-3-4-6-15(12)17(13)18(14)22-16/h3-11H,2H2,1H3. The first-order valence-corrected chi connectivity index (χ1v) is 7.29. The van der Waals surface area contributed by atoms with E-state index in [1.165, 1.54) is 0 Å². The largest absolute Gasteiger partial charge is 0.460 e. The molecule has 3 aromatic carbocycles. The number of rotatable bonds is 2. The van der Waals surface area contributed by atoms with Crippen molar-refractivity contribution in [2.45, 2.75) is 6.92 Å². The third kappa shape index (κ3) is 1.86. The maximum Gasteiger partial charge on any atom is 0.374 e. The first kappa shape index (κ1) is 12.9. The summed E-state index contributed by atoms with van der Waals surface area (Å²) in [4.78, 5) is 11.9. The van der Waals surface area contributed by atoms with Gasteiger partial charge in [0.05, 0.1) is 6.61 Å². The van der Waals surface area contributed by atoms with E-state index in [2.05, 4.69) is 30.3 Å². The van der Waals surface area contributed by atoms with Crippen LogP contribution in [0.3, 0.4) is 0 Å². The van der Waals surface area contributed by atoms with Crippen LogP contribution in [0.5, 0.6) is 0 Å². The Balaban J connectivity index is 2.08. The molecule has 0 amide bonds. The number of furan rings is 1. The lowest BCUT2D eigenvalue weighted by Gasteiger charge is -2.04. The van der Waals surface area contributed by atoms with E-state index in [9.17, 15) is 4.79 Å². The van der Waals surface area contributed by atoms with Crippen LogP contribution in [0.1, 0.15) is 17.5 Å². The van der Waals surface area contributed by atoms with Crippen molar-refractivity contribution >= 4 is 38.5 Å². The van der Waals surface area contributed by atoms with Gasteiger partial charge in [-0.1, -0.05) is 48.5 Å². The van der Waals surface area contributed by atoms with Crippen LogP contribution in [-0.2, 0) is 4.74 Å². The van der Waals surface area contributed by atoms with Gasteiger partial charge in [-0.2, -0.15) is 0 Å². The molecule has 1 heterocycles. The van der Waals surface area contributed by atoms with E-state index in [-0.39, 0.29) is 5.76 Å². The molecule has 0 saturated carbocycles. The van der Waals surface area contributed by atoms with Gasteiger partial charge in [-0.15, -0.1) is 0 Å². The highest BCUT2D eigenvalue weighted by atomic mass is 16.5. The van der Waals surface area contributed by atoms with Crippen LogP contribution in [0.4, 0.5) is 0 Å². The van der Waals surface area contributed by atoms with Crippen molar-refractivity contribution in [3.63, 3.8) is 0 Å². The molecule has 4 rings (SSSR count). The molecule has 3 heteroatoms. The van der Waals surface area contributed by atoms with Crippen molar-refractivity contribution < 1.29 is 13.9 Å². The molecule has 108 valence electrons. The van der Waals surface area contributed by atoms with Gasteiger partial charge in [-0.25, -0.2) is 4.79 Å². The number of hydrogen-bond donors (Lipinski definition) is 0. The van der Waals surface area contributed by atoms with Gasteiger partial charge in [-0.3, -0.25) is 0 Å². The number of esters is 1. The lowest BCUT2D eigenvalue weighted by molar-refractivity contribution is 0.0493. The zero-order valence-corrected chi connectivity index (χ0v) is 12.1. The van der Waals surface area contributed by atoms with Crippen molar-refractivity contribution in [1.82, 2.24) is 0 Å². The van der Waals surface area contributed by atoms with Crippen LogP contribution in [0.25, 0.3) is 32.5 Å². The fraction of sp³-hybridized carbons (Fsp3) is 0.105. The van der Waals surface area contributed by atoms with Crippen LogP contribution in [0.15, 0.2) is 59.0 Å². The molecule has 4 aromatic rings. The Hall–Kier alpha value is -2.81. The molecule has 0 aliphatic rings. The molecule has 0 unspecified atom stereocenters. The van der Waals surface area contributed by atoms with Crippen molar-refractivity contribution in [1.29, 1.82) is 0 Å². The molecule has 1 aromatic heterocycles. The van der Waals surface area contributed by atoms with Gasteiger partial charge >= 0.3 is 5.97 Å². The van der Waals surface area contributed by atoms with E-state index in [0.717, 1.165) is 32.5 Å². The summed E-state index contributed by atoms with van der Waals surface area (Å²) >= 11 is 0. The lowest BCUT2D eigenvalue weighted by atomic mass is 10.0. The highest BCUT2D eigenvalue weighted by Crippen LogP contribution is 2.33. The van der Waals surface area contributed by atoms with Crippen molar-refractivity contribution in [2.24, 2.45) is 0 Å². The Morgan fingerprint density at radius 1 is 1.00 bits per heavy atom. The number of hydrogen-bond acceptors (Lipinski definition) is 3. The Bertz CT molecular complexity index is 1010. The van der Waals surface area contributed by atoms with Crippen LogP contribution in [0.2, 0.25) is 0 Å². The zero-order chi connectivity index (χ0) is 15.1. The summed E-state index contributed by atoms with van der Waals surface area (Å²) in [5.74, 6) is -0.177. The van der Waals surface area contributed by atoms with Crippen LogP contribution < -0.4 is 0 Å². The molecule has 22 heavy (non-hydrogen) atoms. The van der Waals surface area contributed by atoms with Crippen molar-refractivity contribution in [3.8, 4) is 0 Å². The summed E-state index contributed by atoms with van der Waals surface area (Å²) in [5, 5.41) is 5.31. The molecular formula is C19H14O3. The molecule has 0 saturated heterocycles. The molecule has 0 N–H and O–H groups in total. The summed E-state index contributed by atoms with van der Waals surface area (Å²) < 4.78 is 10.9. The summed E-state index contributed by atoms with van der Waals surface area (Å²) in [6.45, 7) is 2.11. The Labute approximate surface area is 127 Å². The second-order valence-electron chi connectivity index (χ2n) is 5.20. The average Bonchev–Trinajstić information content (AvgIpc) is 2.99. The molecule has 0 radical (unpaired) electrons. The smallest absolute Gasteiger partial charge is 0.374 e. The predicted octanol–water partition coefficient (Wildman–Crippen LogP) is 4.92. The van der Waals surface area contributed by atoms with Gasteiger partial charge in [0.25, 0.3) is 0 Å². The summed E-state index contributed by atoms with van der Waals surface area (Å²) in [5.41, 5.74) is 0.734. The highest BCUT2D eigenvalue weighted by molar-refractivity contribution is 6.18. The number of carbonyl (C=O) groups is 1. The van der Waals surface area contributed by atoms with E-state index < -0.39 is 5.97 Å². The monoisotopic (exact) mass is 290 g/mol. The quantitative estimate of drug-likeness (QED) is 0.389. The normalized spacial score (nSPS) is 11.3. The second kappa shape index (κ2) is 4.88. The lowest BCUT2D eigenvalue weighted by Crippen LogP contribution is -2.02. The zero-order valence-electron chi connectivity index (χ0n) is 12.1. The summed E-state index contributed by atoms with van der Waals surface area (Å²) in [6, 6.07) is 18.1. The van der Waals surface area contributed by atoms with E-state index >= 15 is 0 Å². The van der Waals surface area contributed by atoms with E-state index in [1.807, 2.05) is 18.2 Å². The SMILES string of the molecule is CCOC(=O)c1cc2ccc3ccc4ccccc4c3c2o1. The Morgan fingerprint density at radius 2 is 1.73 bits per heavy atom. The van der Waals surface area contributed by atoms with Gasteiger partial charge in [0.1, 0.15) is 5.58 Å². The Morgan fingerprint density at radius 3 is 2.55 bits per heavy atom. The van der Waals surface area contributed by atoms with E-state index in [0.29, 0.717) is 6.61 Å². The first-order chi connectivity index (χ1) is 10.8. The van der Waals surface area contributed by atoms with E-state index in [4.69, 9.17) is 9.15 Å². The molecule has 3 nitrogen and oxygen atoms in total. The minimum atomic E-state index is -0.424. The predicted molar refractivity (Wildman–Crippen MR) is 87.2 cm³/mol.